The van der Waals surface area contributed by atoms with Crippen LogP contribution in [0.25, 0.3) is 0 Å². The average molecular weight is 303 g/mol. The van der Waals surface area contributed by atoms with Crippen molar-refractivity contribution < 1.29 is 17.6 Å². The number of anilines is 1. The van der Waals surface area contributed by atoms with E-state index in [4.69, 9.17) is 5.73 Å². The van der Waals surface area contributed by atoms with E-state index in [1.807, 2.05) is 0 Å². The maximum Gasteiger partial charge on any atom is 0.241 e. The second-order valence-electron chi connectivity index (χ2n) is 4.42. The molecule has 0 aliphatic rings. The number of carbonyl (C=O) groups is 1. The van der Waals surface area contributed by atoms with Crippen molar-refractivity contribution in [2.75, 3.05) is 18.8 Å². The van der Waals surface area contributed by atoms with Crippen molar-refractivity contribution in [3.05, 3.63) is 23.0 Å². The molecule has 0 heterocycles. The lowest BCUT2D eigenvalue weighted by Gasteiger charge is -2.14. The third-order valence-electron chi connectivity index (χ3n) is 2.76. The molecule has 0 bridgehead atoms. The first-order chi connectivity index (χ1) is 9.16. The fourth-order valence-electron chi connectivity index (χ4n) is 1.84. The summed E-state index contributed by atoms with van der Waals surface area (Å²) in [5, 5.41) is 2.47. The average Bonchev–Trinajstić information content (AvgIpc) is 2.31. The monoisotopic (exact) mass is 303 g/mol. The first-order valence-electron chi connectivity index (χ1n) is 5.96. The van der Waals surface area contributed by atoms with E-state index >= 15 is 0 Å². The largest absolute Gasteiger partial charge is 0.396 e. The van der Waals surface area contributed by atoms with Crippen LogP contribution in [0.5, 0.6) is 0 Å². The van der Waals surface area contributed by atoms with E-state index in [-0.39, 0.29) is 40.7 Å². The summed E-state index contributed by atoms with van der Waals surface area (Å²) < 4.78 is 40.1. The Bertz CT molecular complexity index is 629. The first kappa shape index (κ1) is 16.4. The summed E-state index contributed by atoms with van der Waals surface area (Å²) in [5.41, 5.74) is 5.79. The zero-order valence-corrected chi connectivity index (χ0v) is 12.4. The van der Waals surface area contributed by atoms with Gasteiger partial charge in [-0.05, 0) is 31.0 Å². The van der Waals surface area contributed by atoms with Gasteiger partial charge in [0.25, 0.3) is 0 Å². The van der Waals surface area contributed by atoms with Gasteiger partial charge in [-0.2, -0.15) is 0 Å². The second-order valence-corrected chi connectivity index (χ2v) is 6.13. The highest BCUT2D eigenvalue weighted by Crippen LogP contribution is 2.27. The normalized spacial score (nSPS) is 11.4. The maximum atomic E-state index is 13.4. The van der Waals surface area contributed by atoms with Gasteiger partial charge in [-0.25, -0.2) is 17.5 Å². The fourth-order valence-corrected chi connectivity index (χ4v) is 3.35. The number of nitrogens with two attached hydrogens (primary N) is 1. The summed E-state index contributed by atoms with van der Waals surface area (Å²) in [6, 6.07) is 1.09. The highest BCUT2D eigenvalue weighted by atomic mass is 32.2. The topological polar surface area (TPSA) is 101 Å². The summed E-state index contributed by atoms with van der Waals surface area (Å²) >= 11 is 0. The molecule has 112 valence electrons. The molecule has 0 aliphatic heterocycles. The minimum absolute atomic E-state index is 0.0285. The highest BCUT2D eigenvalue weighted by Gasteiger charge is 2.22. The Balaban J connectivity index is 2.99. The Morgan fingerprint density at radius 3 is 2.50 bits per heavy atom. The summed E-state index contributed by atoms with van der Waals surface area (Å²) in [5.74, 6) is -0.889. The number of nitrogens with one attached hydrogen (secondary N) is 2. The van der Waals surface area contributed by atoms with Crippen molar-refractivity contribution in [2.45, 2.75) is 25.7 Å². The smallest absolute Gasteiger partial charge is 0.241 e. The minimum Gasteiger partial charge on any atom is -0.396 e. The van der Waals surface area contributed by atoms with E-state index in [1.54, 1.807) is 0 Å². The number of aryl methyl sites for hydroxylation is 1. The lowest BCUT2D eigenvalue weighted by molar-refractivity contribution is -0.118. The third kappa shape index (κ3) is 3.67. The first-order valence-corrected chi connectivity index (χ1v) is 7.44. The van der Waals surface area contributed by atoms with E-state index in [0.717, 1.165) is 6.07 Å². The third-order valence-corrected chi connectivity index (χ3v) is 4.51. The van der Waals surface area contributed by atoms with Gasteiger partial charge in [0.1, 0.15) is 5.82 Å². The lowest BCUT2D eigenvalue weighted by Crippen LogP contribution is -2.34. The Kier molecular flexibility index (Phi) is 5.07. The zero-order chi connectivity index (χ0) is 15.5. The van der Waals surface area contributed by atoms with Gasteiger partial charge < -0.3 is 11.1 Å². The molecule has 1 aromatic carbocycles. The number of rotatable bonds is 5. The Hall–Kier alpha value is -1.67. The van der Waals surface area contributed by atoms with Crippen LogP contribution in [0.4, 0.5) is 10.1 Å². The molecule has 0 atom stereocenters. The molecule has 0 aromatic heterocycles. The molecule has 20 heavy (non-hydrogen) atoms. The van der Waals surface area contributed by atoms with Gasteiger partial charge in [-0.15, -0.1) is 0 Å². The van der Waals surface area contributed by atoms with Crippen LogP contribution in [0, 0.1) is 19.7 Å². The van der Waals surface area contributed by atoms with E-state index in [0.29, 0.717) is 0 Å². The summed E-state index contributed by atoms with van der Waals surface area (Å²) in [4.78, 5) is 10.7. The second kappa shape index (κ2) is 6.19. The van der Waals surface area contributed by atoms with E-state index in [9.17, 15) is 17.6 Å². The molecule has 6 nitrogen and oxygen atoms in total. The number of hydrogen-bond donors (Lipinski definition) is 3. The number of carbonyl (C=O) groups excluding carboxylic acids is 1. The highest BCUT2D eigenvalue weighted by molar-refractivity contribution is 7.89. The number of sulfonamides is 1. The van der Waals surface area contributed by atoms with E-state index in [2.05, 4.69) is 10.0 Å². The van der Waals surface area contributed by atoms with Crippen LogP contribution in [-0.2, 0) is 14.8 Å². The van der Waals surface area contributed by atoms with Gasteiger partial charge in [-0.3, -0.25) is 4.79 Å². The van der Waals surface area contributed by atoms with Crippen molar-refractivity contribution in [1.29, 1.82) is 0 Å². The molecule has 1 amide bonds. The van der Waals surface area contributed by atoms with Crippen LogP contribution in [-0.4, -0.2) is 27.4 Å². The molecule has 0 aliphatic carbocycles. The van der Waals surface area contributed by atoms with Crippen molar-refractivity contribution in [3.8, 4) is 0 Å². The Labute approximate surface area is 117 Å². The maximum absolute atomic E-state index is 13.4. The van der Waals surface area contributed by atoms with Crippen molar-refractivity contribution in [1.82, 2.24) is 10.0 Å². The summed E-state index contributed by atoms with van der Waals surface area (Å²) in [6.45, 7) is 4.50. The number of nitrogen functional groups attached to an aromatic ring is 1. The fraction of sp³-hybridized carbons (Fsp3) is 0.417. The van der Waals surface area contributed by atoms with Gasteiger partial charge in [0.2, 0.25) is 15.9 Å². The molecule has 0 spiro atoms. The molecule has 1 aromatic rings. The van der Waals surface area contributed by atoms with Crippen molar-refractivity contribution in [3.63, 3.8) is 0 Å². The number of amides is 1. The molecule has 0 radical (unpaired) electrons. The van der Waals surface area contributed by atoms with E-state index < -0.39 is 15.8 Å². The number of hydrogen-bond acceptors (Lipinski definition) is 4. The molecular formula is C12H18FN3O3S. The number of halogens is 1. The van der Waals surface area contributed by atoms with Crippen LogP contribution >= 0.6 is 0 Å². The summed E-state index contributed by atoms with van der Waals surface area (Å²) in [7, 11) is -3.81. The predicted molar refractivity (Wildman–Crippen MR) is 74.2 cm³/mol. The van der Waals surface area contributed by atoms with Crippen LogP contribution in [0.1, 0.15) is 18.1 Å². The molecular weight excluding hydrogens is 285 g/mol. The molecule has 0 fully saturated rings. The SMILES string of the molecule is CC(=O)NCCNS(=O)(=O)c1c(C)cc(F)c(N)c1C. The Morgan fingerprint density at radius 2 is 1.95 bits per heavy atom. The predicted octanol–water partition coefficient (Wildman–Crippen LogP) is 0.439. The van der Waals surface area contributed by atoms with Crippen LogP contribution in [0.15, 0.2) is 11.0 Å². The quantitative estimate of drug-likeness (QED) is 0.542. The molecule has 0 unspecified atom stereocenters. The minimum atomic E-state index is -3.81. The Morgan fingerprint density at radius 1 is 1.35 bits per heavy atom. The van der Waals surface area contributed by atoms with Crippen LogP contribution in [0.2, 0.25) is 0 Å². The summed E-state index contributed by atoms with van der Waals surface area (Å²) in [6.07, 6.45) is 0. The standard InChI is InChI=1S/C12H18FN3O3S/c1-7-6-10(13)11(14)8(2)12(7)20(18,19)16-5-4-15-9(3)17/h6,16H,4-5,14H2,1-3H3,(H,15,17). The van der Waals surface area contributed by atoms with Crippen molar-refractivity contribution >= 4 is 21.6 Å². The molecule has 1 rings (SSSR count). The molecule has 0 saturated carbocycles. The van der Waals surface area contributed by atoms with Crippen LogP contribution in [0.3, 0.4) is 0 Å². The molecule has 0 saturated heterocycles. The zero-order valence-electron chi connectivity index (χ0n) is 11.6. The van der Waals surface area contributed by atoms with Gasteiger partial charge in [-0.1, -0.05) is 0 Å². The van der Waals surface area contributed by atoms with Crippen LogP contribution < -0.4 is 15.8 Å². The lowest BCUT2D eigenvalue weighted by atomic mass is 10.1. The van der Waals surface area contributed by atoms with Gasteiger partial charge >= 0.3 is 0 Å². The van der Waals surface area contributed by atoms with E-state index in [1.165, 1.54) is 20.8 Å². The van der Waals surface area contributed by atoms with Gasteiger partial charge in [0.15, 0.2) is 0 Å². The van der Waals surface area contributed by atoms with Gasteiger partial charge in [0, 0.05) is 20.0 Å². The molecule has 8 heteroatoms. The number of benzene rings is 1. The van der Waals surface area contributed by atoms with Crippen molar-refractivity contribution in [2.24, 2.45) is 0 Å². The molecule has 4 N–H and O–H groups in total. The van der Waals surface area contributed by atoms with Gasteiger partial charge in [0.05, 0.1) is 10.6 Å².